The zero-order chi connectivity index (χ0) is 14.0. The lowest BCUT2D eigenvalue weighted by molar-refractivity contribution is -0.132. The number of hydrogen-bond donors (Lipinski definition) is 2. The largest absolute Gasteiger partial charge is 0.388 e. The Hall–Kier alpha value is -1.88. The third-order valence-electron chi connectivity index (χ3n) is 3.42. The van der Waals surface area contributed by atoms with Crippen LogP contribution in [0, 0.1) is 0 Å². The lowest BCUT2D eigenvalue weighted by Crippen LogP contribution is -2.57. The number of aliphatic hydroxyl groups is 1. The van der Waals surface area contributed by atoms with Gasteiger partial charge in [0.1, 0.15) is 6.04 Å². The van der Waals surface area contributed by atoms with Crippen LogP contribution < -0.4 is 10.2 Å². The normalized spacial score (nSPS) is 21.2. The molecule has 0 bridgehead atoms. The van der Waals surface area contributed by atoms with E-state index in [9.17, 15) is 14.7 Å². The molecule has 0 saturated carbocycles. The Bertz CT molecular complexity index is 484. The first-order valence-corrected chi connectivity index (χ1v) is 6.41. The first kappa shape index (κ1) is 13.5. The fraction of sp³-hybridized carbons (Fsp3) is 0.429. The van der Waals surface area contributed by atoms with Gasteiger partial charge in [0.15, 0.2) is 0 Å². The second-order valence-electron chi connectivity index (χ2n) is 4.73. The Morgan fingerprint density at radius 3 is 2.58 bits per heavy atom. The molecular weight excluding hydrogens is 244 g/mol. The Morgan fingerprint density at radius 1 is 1.37 bits per heavy atom. The van der Waals surface area contributed by atoms with Gasteiger partial charge in [0.05, 0.1) is 12.6 Å². The smallest absolute Gasteiger partial charge is 0.249 e. The van der Waals surface area contributed by atoms with Crippen molar-refractivity contribution in [3.63, 3.8) is 0 Å². The quantitative estimate of drug-likeness (QED) is 0.797. The van der Waals surface area contributed by atoms with Crippen molar-refractivity contribution in [2.45, 2.75) is 32.4 Å². The third kappa shape index (κ3) is 2.76. The summed E-state index contributed by atoms with van der Waals surface area (Å²) < 4.78 is 0. The molecule has 1 unspecified atom stereocenters. The first-order valence-electron chi connectivity index (χ1n) is 6.41. The van der Waals surface area contributed by atoms with E-state index < -0.39 is 6.10 Å². The van der Waals surface area contributed by atoms with Crippen molar-refractivity contribution in [2.75, 3.05) is 11.4 Å². The van der Waals surface area contributed by atoms with Gasteiger partial charge in [0.25, 0.3) is 0 Å². The molecule has 5 nitrogen and oxygen atoms in total. The number of carbonyl (C=O) groups excluding carboxylic acids is 2. The molecule has 1 aromatic carbocycles. The summed E-state index contributed by atoms with van der Waals surface area (Å²) in [7, 11) is 0. The number of piperazine rings is 1. The second-order valence-corrected chi connectivity index (χ2v) is 4.73. The minimum atomic E-state index is -0.474. The number of imide groups is 1. The van der Waals surface area contributed by atoms with Crippen molar-refractivity contribution in [3.05, 3.63) is 29.8 Å². The van der Waals surface area contributed by atoms with Crippen LogP contribution in [0.1, 0.15) is 31.9 Å². The SMILES string of the molecule is CC[C@@H](O)c1ccc(N2CC(=O)NC(=O)C2C)cc1. The van der Waals surface area contributed by atoms with Crippen LogP contribution in [0.4, 0.5) is 5.69 Å². The van der Waals surface area contributed by atoms with Crippen LogP contribution >= 0.6 is 0 Å². The molecule has 2 amide bonds. The van der Waals surface area contributed by atoms with Gasteiger partial charge in [0, 0.05) is 5.69 Å². The van der Waals surface area contributed by atoms with E-state index >= 15 is 0 Å². The number of benzene rings is 1. The second kappa shape index (κ2) is 5.40. The molecule has 19 heavy (non-hydrogen) atoms. The number of carbonyl (C=O) groups is 2. The molecular formula is C14H18N2O3. The summed E-state index contributed by atoms with van der Waals surface area (Å²) in [5, 5.41) is 12.0. The zero-order valence-electron chi connectivity index (χ0n) is 11.1. The van der Waals surface area contributed by atoms with Crippen molar-refractivity contribution in [3.8, 4) is 0 Å². The molecule has 102 valence electrons. The number of anilines is 1. The maximum absolute atomic E-state index is 11.6. The van der Waals surface area contributed by atoms with Crippen LogP contribution in [0.25, 0.3) is 0 Å². The van der Waals surface area contributed by atoms with Crippen molar-refractivity contribution in [1.29, 1.82) is 0 Å². The van der Waals surface area contributed by atoms with Crippen LogP contribution in [0.15, 0.2) is 24.3 Å². The number of nitrogens with one attached hydrogen (secondary N) is 1. The van der Waals surface area contributed by atoms with Crippen LogP contribution in [0.3, 0.4) is 0 Å². The fourth-order valence-corrected chi connectivity index (χ4v) is 2.15. The summed E-state index contributed by atoms with van der Waals surface area (Å²) in [5.41, 5.74) is 1.65. The van der Waals surface area contributed by atoms with Gasteiger partial charge >= 0.3 is 0 Å². The molecule has 2 rings (SSSR count). The minimum Gasteiger partial charge on any atom is -0.388 e. The van der Waals surface area contributed by atoms with E-state index in [2.05, 4.69) is 5.32 Å². The van der Waals surface area contributed by atoms with Crippen LogP contribution in [0.5, 0.6) is 0 Å². The molecule has 1 aliphatic rings. The molecule has 2 atom stereocenters. The van der Waals surface area contributed by atoms with E-state index in [1.807, 2.05) is 31.2 Å². The Kier molecular flexibility index (Phi) is 3.85. The number of hydrogen-bond acceptors (Lipinski definition) is 4. The monoisotopic (exact) mass is 262 g/mol. The predicted octanol–water partition coefficient (Wildman–Crippen LogP) is 0.981. The number of nitrogens with zero attached hydrogens (tertiary/aromatic N) is 1. The van der Waals surface area contributed by atoms with Gasteiger partial charge in [-0.25, -0.2) is 0 Å². The average Bonchev–Trinajstić information content (AvgIpc) is 2.42. The molecule has 1 aliphatic heterocycles. The van der Waals surface area contributed by atoms with Gasteiger partial charge in [-0.1, -0.05) is 19.1 Å². The first-order chi connectivity index (χ1) is 9.02. The third-order valence-corrected chi connectivity index (χ3v) is 3.42. The summed E-state index contributed by atoms with van der Waals surface area (Å²) in [6, 6.07) is 6.94. The van der Waals surface area contributed by atoms with E-state index in [0.29, 0.717) is 6.42 Å². The molecule has 1 fully saturated rings. The summed E-state index contributed by atoms with van der Waals surface area (Å²) >= 11 is 0. The molecule has 1 heterocycles. The number of rotatable bonds is 3. The lowest BCUT2D eigenvalue weighted by Gasteiger charge is -2.33. The van der Waals surface area contributed by atoms with Gasteiger partial charge < -0.3 is 10.0 Å². The van der Waals surface area contributed by atoms with Gasteiger partial charge in [0.2, 0.25) is 11.8 Å². The maximum atomic E-state index is 11.6. The highest BCUT2D eigenvalue weighted by Crippen LogP contribution is 2.23. The zero-order valence-corrected chi connectivity index (χ0v) is 11.1. The number of aliphatic hydroxyl groups excluding tert-OH is 1. The molecule has 0 spiro atoms. The molecule has 0 radical (unpaired) electrons. The van der Waals surface area contributed by atoms with Gasteiger partial charge in [-0.05, 0) is 31.0 Å². The van der Waals surface area contributed by atoms with Crippen LogP contribution in [-0.4, -0.2) is 29.5 Å². The highest BCUT2D eigenvalue weighted by molar-refractivity contribution is 6.04. The van der Waals surface area contributed by atoms with Crippen LogP contribution in [0.2, 0.25) is 0 Å². The van der Waals surface area contributed by atoms with E-state index in [0.717, 1.165) is 11.3 Å². The summed E-state index contributed by atoms with van der Waals surface area (Å²) in [6.07, 6.45) is 0.179. The topological polar surface area (TPSA) is 69.6 Å². The average molecular weight is 262 g/mol. The van der Waals surface area contributed by atoms with E-state index in [4.69, 9.17) is 0 Å². The van der Waals surface area contributed by atoms with Crippen molar-refractivity contribution in [2.24, 2.45) is 0 Å². The summed E-state index contributed by atoms with van der Waals surface area (Å²) in [4.78, 5) is 24.8. The highest BCUT2D eigenvalue weighted by Gasteiger charge is 2.30. The van der Waals surface area contributed by atoms with Crippen LogP contribution in [-0.2, 0) is 9.59 Å². The molecule has 1 aromatic rings. The lowest BCUT2D eigenvalue weighted by atomic mass is 10.1. The molecule has 0 aromatic heterocycles. The van der Waals surface area contributed by atoms with Gasteiger partial charge in [-0.3, -0.25) is 14.9 Å². The molecule has 0 aliphatic carbocycles. The molecule has 5 heteroatoms. The fourth-order valence-electron chi connectivity index (χ4n) is 2.15. The Morgan fingerprint density at radius 2 is 2.00 bits per heavy atom. The van der Waals surface area contributed by atoms with Gasteiger partial charge in [-0.15, -0.1) is 0 Å². The Labute approximate surface area is 112 Å². The Balaban J connectivity index is 2.21. The van der Waals surface area contributed by atoms with Crippen molar-refractivity contribution >= 4 is 17.5 Å². The number of amides is 2. The summed E-state index contributed by atoms with van der Waals surface area (Å²) in [5.74, 6) is -0.574. The maximum Gasteiger partial charge on any atom is 0.249 e. The van der Waals surface area contributed by atoms with E-state index in [1.54, 1.807) is 11.8 Å². The van der Waals surface area contributed by atoms with Crippen molar-refractivity contribution < 1.29 is 14.7 Å². The predicted molar refractivity (Wildman–Crippen MR) is 71.7 cm³/mol. The minimum absolute atomic E-state index is 0.169. The van der Waals surface area contributed by atoms with E-state index in [1.165, 1.54) is 0 Å². The van der Waals surface area contributed by atoms with E-state index in [-0.39, 0.29) is 24.4 Å². The highest BCUT2D eigenvalue weighted by atomic mass is 16.3. The molecule has 1 saturated heterocycles. The van der Waals surface area contributed by atoms with Crippen molar-refractivity contribution in [1.82, 2.24) is 5.32 Å². The standard InChI is InChI=1S/C14H18N2O3/c1-3-12(17)10-4-6-11(7-5-10)16-8-13(18)15-14(19)9(16)2/h4-7,9,12,17H,3,8H2,1-2H3,(H,15,18,19)/t9?,12-/m1/s1. The van der Waals surface area contributed by atoms with Gasteiger partial charge in [-0.2, -0.15) is 0 Å². The molecule has 2 N–H and O–H groups in total. The summed E-state index contributed by atoms with van der Waals surface area (Å²) in [6.45, 7) is 3.84.